The highest BCUT2D eigenvalue weighted by atomic mass is 14.3. The van der Waals surface area contributed by atoms with Crippen molar-refractivity contribution >= 4 is 0 Å². The summed E-state index contributed by atoms with van der Waals surface area (Å²) in [6.45, 7) is 9.76. The smallest absolute Gasteiger partial charge is 0.0303 e. The third-order valence-electron chi connectivity index (χ3n) is 5.44. The average molecular weight is 238 g/mol. The van der Waals surface area contributed by atoms with Crippen LogP contribution < -0.4 is 0 Å². The zero-order valence-corrected chi connectivity index (χ0v) is 12.7. The van der Waals surface area contributed by atoms with E-state index in [4.69, 9.17) is 0 Å². The van der Waals surface area contributed by atoms with E-state index >= 15 is 0 Å². The lowest BCUT2D eigenvalue weighted by Crippen LogP contribution is -2.23. The van der Waals surface area contributed by atoms with Crippen molar-refractivity contribution in [3.05, 3.63) is 0 Å². The van der Waals surface area contributed by atoms with Gasteiger partial charge in [-0.25, -0.2) is 0 Å². The molecule has 0 spiro atoms. The normalized spacial score (nSPS) is 33.4. The standard InChI is InChI=1S/C17H34/c1-5-16-11-7-6-9-13-17(4,15(2)3)14-10-8-12-16/h15-16H,5-14H2,1-4H3. The van der Waals surface area contributed by atoms with Crippen molar-refractivity contribution in [3.63, 3.8) is 0 Å². The Morgan fingerprint density at radius 3 is 2.00 bits per heavy atom. The Morgan fingerprint density at radius 2 is 1.47 bits per heavy atom. The second-order valence-electron chi connectivity index (χ2n) is 6.93. The van der Waals surface area contributed by atoms with Gasteiger partial charge in [0.15, 0.2) is 0 Å². The predicted molar refractivity (Wildman–Crippen MR) is 78.3 cm³/mol. The molecule has 2 atom stereocenters. The minimum atomic E-state index is 0.617. The minimum absolute atomic E-state index is 0.617. The summed E-state index contributed by atoms with van der Waals surface area (Å²) >= 11 is 0. The van der Waals surface area contributed by atoms with E-state index in [9.17, 15) is 0 Å². The third kappa shape index (κ3) is 5.02. The van der Waals surface area contributed by atoms with Crippen molar-refractivity contribution in [2.45, 2.75) is 91.9 Å². The van der Waals surface area contributed by atoms with E-state index in [1.807, 2.05) is 0 Å². The van der Waals surface area contributed by atoms with Gasteiger partial charge in [0.25, 0.3) is 0 Å². The second-order valence-corrected chi connectivity index (χ2v) is 6.93. The third-order valence-corrected chi connectivity index (χ3v) is 5.44. The van der Waals surface area contributed by atoms with Gasteiger partial charge in [-0.3, -0.25) is 0 Å². The van der Waals surface area contributed by atoms with Crippen LogP contribution in [0.1, 0.15) is 91.9 Å². The Hall–Kier alpha value is 0. The van der Waals surface area contributed by atoms with Gasteiger partial charge in [-0.15, -0.1) is 0 Å². The van der Waals surface area contributed by atoms with Crippen LogP contribution in [0.2, 0.25) is 0 Å². The number of rotatable bonds is 2. The van der Waals surface area contributed by atoms with Gasteiger partial charge in [0.2, 0.25) is 0 Å². The average Bonchev–Trinajstić information content (AvgIpc) is 2.34. The molecule has 0 bridgehead atoms. The lowest BCUT2D eigenvalue weighted by molar-refractivity contribution is 0.170. The van der Waals surface area contributed by atoms with Crippen LogP contribution in [0, 0.1) is 17.3 Å². The molecule has 0 N–H and O–H groups in total. The van der Waals surface area contributed by atoms with Crippen molar-refractivity contribution < 1.29 is 0 Å². The summed E-state index contributed by atoms with van der Waals surface area (Å²) < 4.78 is 0. The molecule has 2 unspecified atom stereocenters. The summed E-state index contributed by atoms with van der Waals surface area (Å²) in [6, 6.07) is 0. The number of hydrogen-bond donors (Lipinski definition) is 0. The summed E-state index contributed by atoms with van der Waals surface area (Å²) in [5.74, 6) is 1.88. The number of hydrogen-bond acceptors (Lipinski definition) is 0. The van der Waals surface area contributed by atoms with E-state index in [-0.39, 0.29) is 0 Å². The van der Waals surface area contributed by atoms with E-state index in [0.717, 1.165) is 11.8 Å². The van der Waals surface area contributed by atoms with Gasteiger partial charge in [0.1, 0.15) is 0 Å². The Morgan fingerprint density at radius 1 is 0.941 bits per heavy atom. The molecule has 0 aromatic rings. The molecular formula is C17H34. The molecule has 0 nitrogen and oxygen atoms in total. The van der Waals surface area contributed by atoms with Crippen molar-refractivity contribution in [1.82, 2.24) is 0 Å². The summed E-state index contributed by atoms with van der Waals surface area (Å²) in [7, 11) is 0. The maximum Gasteiger partial charge on any atom is -0.0303 e. The molecule has 0 aromatic carbocycles. The highest BCUT2D eigenvalue weighted by Gasteiger charge is 2.27. The zero-order chi connectivity index (χ0) is 12.7. The Labute approximate surface area is 110 Å². The topological polar surface area (TPSA) is 0 Å². The lowest BCUT2D eigenvalue weighted by Gasteiger charge is -2.34. The molecule has 1 fully saturated rings. The van der Waals surface area contributed by atoms with Gasteiger partial charge in [-0.05, 0) is 30.1 Å². The highest BCUT2D eigenvalue weighted by Crippen LogP contribution is 2.39. The molecule has 102 valence electrons. The summed E-state index contributed by atoms with van der Waals surface area (Å²) in [5, 5.41) is 0. The molecule has 0 amide bonds. The van der Waals surface area contributed by atoms with Gasteiger partial charge in [0, 0.05) is 0 Å². The molecule has 1 rings (SSSR count). The van der Waals surface area contributed by atoms with E-state index in [1.165, 1.54) is 64.2 Å². The first kappa shape index (κ1) is 15.1. The predicted octanol–water partition coefficient (Wildman–Crippen LogP) is 6.20. The fraction of sp³-hybridized carbons (Fsp3) is 1.00. The van der Waals surface area contributed by atoms with Crippen LogP contribution in [0.5, 0.6) is 0 Å². The zero-order valence-electron chi connectivity index (χ0n) is 12.7. The largest absolute Gasteiger partial charge is 0.0651 e. The van der Waals surface area contributed by atoms with Crippen molar-refractivity contribution in [1.29, 1.82) is 0 Å². The molecule has 1 saturated carbocycles. The molecule has 17 heavy (non-hydrogen) atoms. The molecule has 0 heteroatoms. The van der Waals surface area contributed by atoms with Crippen LogP contribution in [0.15, 0.2) is 0 Å². The fourth-order valence-electron chi connectivity index (χ4n) is 3.36. The maximum absolute atomic E-state index is 2.53. The summed E-state index contributed by atoms with van der Waals surface area (Å²) in [5.41, 5.74) is 0.617. The molecule has 0 radical (unpaired) electrons. The lowest BCUT2D eigenvalue weighted by atomic mass is 9.71. The Balaban J connectivity index is 2.50. The van der Waals surface area contributed by atoms with Crippen molar-refractivity contribution in [3.8, 4) is 0 Å². The van der Waals surface area contributed by atoms with Crippen LogP contribution >= 0.6 is 0 Å². The van der Waals surface area contributed by atoms with Gasteiger partial charge >= 0.3 is 0 Å². The molecule has 0 aliphatic heterocycles. The van der Waals surface area contributed by atoms with Crippen LogP contribution in [-0.4, -0.2) is 0 Å². The van der Waals surface area contributed by atoms with E-state index in [2.05, 4.69) is 27.7 Å². The molecule has 0 heterocycles. The highest BCUT2D eigenvalue weighted by molar-refractivity contribution is 4.78. The molecule has 1 aliphatic carbocycles. The first-order valence-corrected chi connectivity index (χ1v) is 8.08. The van der Waals surface area contributed by atoms with Crippen molar-refractivity contribution in [2.75, 3.05) is 0 Å². The van der Waals surface area contributed by atoms with E-state index in [0.29, 0.717) is 5.41 Å². The minimum Gasteiger partial charge on any atom is -0.0651 e. The summed E-state index contributed by atoms with van der Waals surface area (Å²) in [4.78, 5) is 0. The maximum atomic E-state index is 2.53. The molecule has 0 saturated heterocycles. The van der Waals surface area contributed by atoms with Crippen LogP contribution in [0.25, 0.3) is 0 Å². The Kier molecular flexibility index (Phi) is 6.59. The fourth-order valence-corrected chi connectivity index (χ4v) is 3.36. The van der Waals surface area contributed by atoms with Crippen LogP contribution in [0.3, 0.4) is 0 Å². The molecule has 0 aromatic heterocycles. The van der Waals surface area contributed by atoms with Gasteiger partial charge in [-0.2, -0.15) is 0 Å². The second kappa shape index (κ2) is 7.44. The van der Waals surface area contributed by atoms with E-state index < -0.39 is 0 Å². The van der Waals surface area contributed by atoms with E-state index in [1.54, 1.807) is 0 Å². The monoisotopic (exact) mass is 238 g/mol. The Bertz CT molecular complexity index is 194. The van der Waals surface area contributed by atoms with Gasteiger partial charge in [0.05, 0.1) is 0 Å². The van der Waals surface area contributed by atoms with Gasteiger partial charge < -0.3 is 0 Å². The first-order chi connectivity index (χ1) is 8.08. The van der Waals surface area contributed by atoms with Crippen LogP contribution in [-0.2, 0) is 0 Å². The molecular weight excluding hydrogens is 204 g/mol. The summed E-state index contributed by atoms with van der Waals surface area (Å²) in [6.07, 6.45) is 14.7. The SMILES string of the molecule is CCC1CCCCCC(C)(C(C)C)CCCC1. The van der Waals surface area contributed by atoms with Crippen molar-refractivity contribution in [2.24, 2.45) is 17.3 Å². The molecule has 1 aliphatic rings. The first-order valence-electron chi connectivity index (χ1n) is 8.08. The quantitative estimate of drug-likeness (QED) is 0.537. The van der Waals surface area contributed by atoms with Gasteiger partial charge in [-0.1, -0.05) is 79.1 Å². The van der Waals surface area contributed by atoms with Crippen LogP contribution in [0.4, 0.5) is 0 Å².